The highest BCUT2D eigenvalue weighted by Crippen LogP contribution is 2.27. The number of hydrogen-bond donors (Lipinski definition) is 0. The molecule has 122 valence electrons. The van der Waals surface area contributed by atoms with Gasteiger partial charge in [-0.25, -0.2) is 0 Å². The van der Waals surface area contributed by atoms with E-state index >= 15 is 0 Å². The fourth-order valence-electron chi connectivity index (χ4n) is 2.71. The smallest absolute Gasteiger partial charge is 0.223 e. The molecule has 1 aliphatic heterocycles. The third-order valence-electron chi connectivity index (χ3n) is 3.89. The highest BCUT2D eigenvalue weighted by atomic mass is 16.5. The van der Waals surface area contributed by atoms with E-state index in [2.05, 4.69) is 17.1 Å². The van der Waals surface area contributed by atoms with Crippen molar-refractivity contribution in [3.8, 4) is 5.75 Å². The second-order valence-electron chi connectivity index (χ2n) is 5.84. The molecular formula is C17H21N3O3. The lowest BCUT2D eigenvalue weighted by Gasteiger charge is -2.16. The van der Waals surface area contributed by atoms with E-state index in [1.54, 1.807) is 6.92 Å². The summed E-state index contributed by atoms with van der Waals surface area (Å²) < 4.78 is 10.6. The maximum atomic E-state index is 12.2. The normalized spacial score (nSPS) is 17.7. The maximum Gasteiger partial charge on any atom is 0.223 e. The largest absolute Gasteiger partial charge is 0.494 e. The van der Waals surface area contributed by atoms with Gasteiger partial charge < -0.3 is 14.2 Å². The minimum atomic E-state index is 0.0205. The molecular weight excluding hydrogens is 294 g/mol. The molecule has 0 spiro atoms. The summed E-state index contributed by atoms with van der Waals surface area (Å²) in [6.45, 7) is 5.78. The number of carbonyl (C=O) groups excluding carboxylic acids is 1. The number of ether oxygens (including phenoxy) is 1. The molecule has 1 saturated heterocycles. The Morgan fingerprint density at radius 3 is 2.78 bits per heavy atom. The molecule has 6 heteroatoms. The zero-order chi connectivity index (χ0) is 16.2. The van der Waals surface area contributed by atoms with E-state index in [0.29, 0.717) is 31.2 Å². The van der Waals surface area contributed by atoms with Gasteiger partial charge in [-0.05, 0) is 24.1 Å². The standard InChI is InChI=1S/C17H21N3O3/c1-3-8-22-15-6-4-13(5-7-15)10-20-11-14(9-16(20)21)17-18-12(2)23-19-17/h4-7,14H,3,8-11H2,1-2H3. The molecule has 1 aromatic carbocycles. The summed E-state index contributed by atoms with van der Waals surface area (Å²) in [7, 11) is 0. The number of aryl methyl sites for hydroxylation is 1. The van der Waals surface area contributed by atoms with E-state index in [9.17, 15) is 4.79 Å². The molecule has 1 fully saturated rings. The summed E-state index contributed by atoms with van der Waals surface area (Å²) in [5.74, 6) is 2.18. The third-order valence-corrected chi connectivity index (χ3v) is 3.89. The number of benzene rings is 1. The van der Waals surface area contributed by atoms with E-state index in [0.717, 1.165) is 24.3 Å². The van der Waals surface area contributed by atoms with E-state index in [1.807, 2.05) is 29.2 Å². The maximum absolute atomic E-state index is 12.2. The molecule has 0 bridgehead atoms. The Kier molecular flexibility index (Phi) is 4.60. The van der Waals surface area contributed by atoms with Crippen LogP contribution in [-0.4, -0.2) is 34.1 Å². The van der Waals surface area contributed by atoms with Crippen LogP contribution in [0.3, 0.4) is 0 Å². The first-order valence-electron chi connectivity index (χ1n) is 7.95. The van der Waals surface area contributed by atoms with Crippen molar-refractivity contribution in [2.24, 2.45) is 0 Å². The van der Waals surface area contributed by atoms with Crippen LogP contribution in [0.5, 0.6) is 5.75 Å². The lowest BCUT2D eigenvalue weighted by Crippen LogP contribution is -2.24. The third kappa shape index (κ3) is 3.70. The molecule has 0 saturated carbocycles. The van der Waals surface area contributed by atoms with Crippen molar-refractivity contribution in [1.29, 1.82) is 0 Å². The summed E-state index contributed by atoms with van der Waals surface area (Å²) in [5, 5.41) is 3.93. The van der Waals surface area contributed by atoms with Gasteiger partial charge in [0.1, 0.15) is 5.75 Å². The monoisotopic (exact) mass is 315 g/mol. The predicted molar refractivity (Wildman–Crippen MR) is 84.0 cm³/mol. The van der Waals surface area contributed by atoms with Gasteiger partial charge in [-0.1, -0.05) is 24.2 Å². The van der Waals surface area contributed by atoms with Crippen LogP contribution in [0, 0.1) is 6.92 Å². The highest BCUT2D eigenvalue weighted by molar-refractivity contribution is 5.79. The Labute approximate surface area is 135 Å². The molecule has 1 unspecified atom stereocenters. The van der Waals surface area contributed by atoms with Crippen LogP contribution in [0.25, 0.3) is 0 Å². The molecule has 3 rings (SSSR count). The van der Waals surface area contributed by atoms with Gasteiger partial charge in [-0.3, -0.25) is 4.79 Å². The topological polar surface area (TPSA) is 68.5 Å². The van der Waals surface area contributed by atoms with E-state index < -0.39 is 0 Å². The molecule has 1 aliphatic rings. The van der Waals surface area contributed by atoms with Gasteiger partial charge in [0.25, 0.3) is 0 Å². The number of rotatable bonds is 6. The molecule has 0 N–H and O–H groups in total. The number of carbonyl (C=O) groups is 1. The first-order chi connectivity index (χ1) is 11.2. The molecule has 2 heterocycles. The summed E-state index contributed by atoms with van der Waals surface area (Å²) >= 11 is 0. The van der Waals surface area contributed by atoms with Gasteiger partial charge in [0, 0.05) is 32.4 Å². The van der Waals surface area contributed by atoms with E-state index in [4.69, 9.17) is 9.26 Å². The minimum absolute atomic E-state index is 0.0205. The van der Waals surface area contributed by atoms with Gasteiger partial charge in [0.2, 0.25) is 11.8 Å². The lowest BCUT2D eigenvalue weighted by molar-refractivity contribution is -0.128. The van der Waals surface area contributed by atoms with Crippen LogP contribution >= 0.6 is 0 Å². The molecule has 1 aromatic heterocycles. The molecule has 0 radical (unpaired) electrons. The van der Waals surface area contributed by atoms with Crippen LogP contribution in [0.1, 0.15) is 43.0 Å². The van der Waals surface area contributed by atoms with Crippen molar-refractivity contribution in [2.45, 2.75) is 39.2 Å². The molecule has 0 aliphatic carbocycles. The molecule has 6 nitrogen and oxygen atoms in total. The summed E-state index contributed by atoms with van der Waals surface area (Å²) in [5.41, 5.74) is 1.09. The Bertz CT molecular complexity index is 666. The van der Waals surface area contributed by atoms with Gasteiger partial charge in [0.05, 0.1) is 6.61 Å². The first-order valence-corrected chi connectivity index (χ1v) is 7.95. The molecule has 23 heavy (non-hydrogen) atoms. The van der Waals surface area contributed by atoms with Gasteiger partial charge in [0.15, 0.2) is 5.82 Å². The Morgan fingerprint density at radius 2 is 2.13 bits per heavy atom. The number of aromatic nitrogens is 2. The van der Waals surface area contributed by atoms with Crippen LogP contribution in [0.4, 0.5) is 0 Å². The van der Waals surface area contributed by atoms with Crippen LogP contribution < -0.4 is 4.74 Å². The second-order valence-corrected chi connectivity index (χ2v) is 5.84. The zero-order valence-corrected chi connectivity index (χ0v) is 13.5. The average molecular weight is 315 g/mol. The fraction of sp³-hybridized carbons (Fsp3) is 0.471. The van der Waals surface area contributed by atoms with Gasteiger partial charge in [-0.15, -0.1) is 0 Å². The van der Waals surface area contributed by atoms with Crippen molar-refractivity contribution in [3.05, 3.63) is 41.5 Å². The van der Waals surface area contributed by atoms with Crippen molar-refractivity contribution in [1.82, 2.24) is 15.0 Å². The zero-order valence-electron chi connectivity index (χ0n) is 13.5. The van der Waals surface area contributed by atoms with Gasteiger partial charge >= 0.3 is 0 Å². The van der Waals surface area contributed by atoms with Gasteiger partial charge in [-0.2, -0.15) is 4.98 Å². The second kappa shape index (κ2) is 6.81. The fourth-order valence-corrected chi connectivity index (χ4v) is 2.71. The Hall–Kier alpha value is -2.37. The van der Waals surface area contributed by atoms with Crippen LogP contribution in [-0.2, 0) is 11.3 Å². The van der Waals surface area contributed by atoms with E-state index in [-0.39, 0.29) is 11.8 Å². The predicted octanol–water partition coefficient (Wildman–Crippen LogP) is 2.68. The number of nitrogens with zero attached hydrogens (tertiary/aromatic N) is 3. The van der Waals surface area contributed by atoms with Crippen LogP contribution in [0.2, 0.25) is 0 Å². The molecule has 2 aromatic rings. The average Bonchev–Trinajstić information content (AvgIpc) is 3.13. The summed E-state index contributed by atoms with van der Waals surface area (Å²) in [4.78, 5) is 18.3. The SMILES string of the molecule is CCCOc1ccc(CN2CC(c3noc(C)n3)CC2=O)cc1. The minimum Gasteiger partial charge on any atom is -0.494 e. The van der Waals surface area contributed by atoms with E-state index in [1.165, 1.54) is 0 Å². The first kappa shape index (κ1) is 15.5. The molecule has 1 atom stereocenters. The highest BCUT2D eigenvalue weighted by Gasteiger charge is 2.33. The number of hydrogen-bond acceptors (Lipinski definition) is 5. The lowest BCUT2D eigenvalue weighted by atomic mass is 10.1. The quantitative estimate of drug-likeness (QED) is 0.820. The summed E-state index contributed by atoms with van der Waals surface area (Å²) in [6.07, 6.45) is 1.43. The number of likely N-dealkylation sites (tertiary alicyclic amines) is 1. The Balaban J connectivity index is 1.60. The molecule has 1 amide bonds. The Morgan fingerprint density at radius 1 is 1.35 bits per heavy atom. The van der Waals surface area contributed by atoms with Crippen molar-refractivity contribution in [3.63, 3.8) is 0 Å². The number of amides is 1. The van der Waals surface area contributed by atoms with Crippen LogP contribution in [0.15, 0.2) is 28.8 Å². The van der Waals surface area contributed by atoms with Crippen molar-refractivity contribution < 1.29 is 14.1 Å². The van der Waals surface area contributed by atoms with Crippen molar-refractivity contribution >= 4 is 5.91 Å². The van der Waals surface area contributed by atoms with Crippen molar-refractivity contribution in [2.75, 3.05) is 13.2 Å². The summed E-state index contributed by atoms with van der Waals surface area (Å²) in [6, 6.07) is 7.91.